The van der Waals surface area contributed by atoms with E-state index in [4.69, 9.17) is 11.6 Å². The Hall–Kier alpha value is -3.58. The zero-order chi connectivity index (χ0) is 19.8. The van der Waals surface area contributed by atoms with E-state index in [-0.39, 0.29) is 22.4 Å². The monoisotopic (exact) mass is 394 g/mol. The summed E-state index contributed by atoms with van der Waals surface area (Å²) in [4.78, 5) is 20.2. The molecule has 0 fully saturated rings. The third-order valence-electron chi connectivity index (χ3n) is 4.17. The summed E-state index contributed by atoms with van der Waals surface area (Å²) in [6.07, 6.45) is 1.65. The van der Waals surface area contributed by atoms with Crippen LogP contribution in [0.25, 0.3) is 28.2 Å². The van der Waals surface area contributed by atoms with Gasteiger partial charge in [0, 0.05) is 30.6 Å². The fourth-order valence-corrected chi connectivity index (χ4v) is 3.13. The number of rotatable bonds is 3. The van der Waals surface area contributed by atoms with Gasteiger partial charge in [0.2, 0.25) is 5.91 Å². The van der Waals surface area contributed by atoms with E-state index in [1.165, 1.54) is 19.1 Å². The maximum atomic E-state index is 11.2. The van der Waals surface area contributed by atoms with E-state index in [1.54, 1.807) is 29.0 Å². The molecule has 0 spiro atoms. The number of carbonyl (C=O) groups excluding carboxylic acids is 1. The average molecular weight is 395 g/mol. The number of anilines is 1. The summed E-state index contributed by atoms with van der Waals surface area (Å²) in [7, 11) is 0. The first kappa shape index (κ1) is 17.8. The Kier molecular flexibility index (Phi) is 4.37. The molecule has 0 aliphatic heterocycles. The number of aromatic nitrogens is 3. The van der Waals surface area contributed by atoms with Crippen LogP contribution in [0.5, 0.6) is 11.5 Å². The summed E-state index contributed by atoms with van der Waals surface area (Å²) in [6, 6.07) is 13.4. The van der Waals surface area contributed by atoms with E-state index >= 15 is 0 Å². The average Bonchev–Trinajstić information content (AvgIpc) is 3.04. The minimum absolute atomic E-state index is 0.0976. The minimum Gasteiger partial charge on any atom is -0.507 e. The van der Waals surface area contributed by atoms with Crippen LogP contribution >= 0.6 is 11.6 Å². The van der Waals surface area contributed by atoms with Crippen LogP contribution in [-0.4, -0.2) is 30.7 Å². The molecule has 28 heavy (non-hydrogen) atoms. The lowest BCUT2D eigenvalue weighted by atomic mass is 10.1. The van der Waals surface area contributed by atoms with Gasteiger partial charge < -0.3 is 15.5 Å². The fourth-order valence-electron chi connectivity index (χ4n) is 2.96. The van der Waals surface area contributed by atoms with Gasteiger partial charge in [0.1, 0.15) is 17.0 Å². The van der Waals surface area contributed by atoms with Crippen LogP contribution in [0.2, 0.25) is 5.02 Å². The van der Waals surface area contributed by atoms with Crippen LogP contribution in [0.4, 0.5) is 5.69 Å². The first-order valence-electron chi connectivity index (χ1n) is 8.37. The molecule has 0 aliphatic rings. The van der Waals surface area contributed by atoms with Gasteiger partial charge in [-0.05, 0) is 42.5 Å². The predicted molar refractivity (Wildman–Crippen MR) is 107 cm³/mol. The molecule has 0 bridgehead atoms. The Balaban J connectivity index is 1.94. The number of hydrogen-bond acceptors (Lipinski definition) is 5. The molecule has 0 radical (unpaired) electrons. The van der Waals surface area contributed by atoms with E-state index < -0.39 is 0 Å². The molecule has 0 saturated heterocycles. The second-order valence-electron chi connectivity index (χ2n) is 6.17. The smallest absolute Gasteiger partial charge is 0.221 e. The number of fused-ring (bicyclic) bond motifs is 1. The predicted octanol–water partition coefficient (Wildman–Crippen LogP) is 4.11. The molecule has 4 rings (SSSR count). The number of phenolic OH excluding ortho intramolecular Hbond substituents is 2. The van der Waals surface area contributed by atoms with E-state index in [0.717, 1.165) is 5.69 Å². The van der Waals surface area contributed by atoms with Crippen molar-refractivity contribution in [1.82, 2.24) is 14.5 Å². The quantitative estimate of drug-likeness (QED) is 0.485. The maximum Gasteiger partial charge on any atom is 0.221 e. The largest absolute Gasteiger partial charge is 0.507 e. The lowest BCUT2D eigenvalue weighted by Crippen LogP contribution is -2.06. The molecule has 4 aromatic rings. The van der Waals surface area contributed by atoms with Crippen molar-refractivity contribution in [3.63, 3.8) is 0 Å². The highest BCUT2D eigenvalue weighted by Gasteiger charge is 2.19. The van der Waals surface area contributed by atoms with Crippen LogP contribution in [0, 0.1) is 0 Å². The second-order valence-corrected chi connectivity index (χ2v) is 6.57. The first-order valence-corrected chi connectivity index (χ1v) is 8.75. The summed E-state index contributed by atoms with van der Waals surface area (Å²) < 4.78 is 1.77. The van der Waals surface area contributed by atoms with Crippen molar-refractivity contribution in [3.8, 4) is 28.6 Å². The van der Waals surface area contributed by atoms with Gasteiger partial charge in [0.05, 0.1) is 10.6 Å². The molecule has 7 nitrogen and oxygen atoms in total. The lowest BCUT2D eigenvalue weighted by molar-refractivity contribution is -0.114. The number of hydrogen-bond donors (Lipinski definition) is 3. The van der Waals surface area contributed by atoms with Gasteiger partial charge in [-0.15, -0.1) is 0 Å². The van der Waals surface area contributed by atoms with Crippen LogP contribution < -0.4 is 5.32 Å². The van der Waals surface area contributed by atoms with E-state index in [1.807, 2.05) is 18.2 Å². The number of imidazole rings is 1. The third kappa shape index (κ3) is 3.12. The summed E-state index contributed by atoms with van der Waals surface area (Å²) >= 11 is 6.05. The van der Waals surface area contributed by atoms with Gasteiger partial charge in [-0.3, -0.25) is 9.36 Å². The number of phenols is 2. The van der Waals surface area contributed by atoms with Crippen LogP contribution in [0.1, 0.15) is 6.92 Å². The molecule has 8 heteroatoms. The molecule has 0 unspecified atom stereocenters. The molecule has 2 aromatic heterocycles. The lowest BCUT2D eigenvalue weighted by Gasteiger charge is -2.12. The van der Waals surface area contributed by atoms with Crippen molar-refractivity contribution in [3.05, 3.63) is 59.8 Å². The Bertz CT molecular complexity index is 1200. The number of amides is 1. The number of nitrogens with one attached hydrogen (secondary N) is 1. The Labute approximate surface area is 164 Å². The highest BCUT2D eigenvalue weighted by Crippen LogP contribution is 2.38. The van der Waals surface area contributed by atoms with Gasteiger partial charge in [-0.2, -0.15) is 0 Å². The Morgan fingerprint density at radius 1 is 1.11 bits per heavy atom. The molecule has 3 N–H and O–H groups in total. The maximum absolute atomic E-state index is 11.2. The van der Waals surface area contributed by atoms with E-state index in [9.17, 15) is 15.0 Å². The van der Waals surface area contributed by atoms with Gasteiger partial charge in [-0.1, -0.05) is 11.6 Å². The van der Waals surface area contributed by atoms with Crippen molar-refractivity contribution >= 4 is 34.4 Å². The van der Waals surface area contributed by atoms with Crippen molar-refractivity contribution < 1.29 is 15.0 Å². The number of benzene rings is 2. The molecule has 0 saturated carbocycles. The highest BCUT2D eigenvalue weighted by molar-refractivity contribution is 6.32. The van der Waals surface area contributed by atoms with Gasteiger partial charge in [-0.25, -0.2) is 9.97 Å². The van der Waals surface area contributed by atoms with Crippen molar-refractivity contribution in [2.75, 3.05) is 5.32 Å². The zero-order valence-corrected chi connectivity index (χ0v) is 15.5. The molecule has 1 amide bonds. The summed E-state index contributed by atoms with van der Waals surface area (Å²) in [6.45, 7) is 1.44. The number of nitrogens with zero attached hydrogens (tertiary/aromatic N) is 3. The molecule has 140 valence electrons. The van der Waals surface area contributed by atoms with Crippen LogP contribution in [-0.2, 0) is 4.79 Å². The Morgan fingerprint density at radius 2 is 1.86 bits per heavy atom. The topological polar surface area (TPSA) is 100 Å². The molecule has 0 atom stereocenters. The van der Waals surface area contributed by atoms with Crippen molar-refractivity contribution in [1.29, 1.82) is 0 Å². The standard InChI is InChI=1S/C20H15ClN4O3/c1-11(26)23-12-4-6-13(7-5-12)25-19(24-16-3-2-8-22-20(16)25)14-9-15(21)18(28)10-17(14)27/h2-10,27-28H,1H3,(H,23,26). The molecular formula is C20H15ClN4O3. The fraction of sp³-hybridized carbons (Fsp3) is 0.0500. The Morgan fingerprint density at radius 3 is 2.57 bits per heavy atom. The number of halogens is 1. The number of aromatic hydroxyl groups is 2. The van der Waals surface area contributed by atoms with Crippen LogP contribution in [0.15, 0.2) is 54.7 Å². The SMILES string of the molecule is CC(=O)Nc1ccc(-n2c(-c3cc(Cl)c(O)cc3O)nc3cccnc32)cc1. The summed E-state index contributed by atoms with van der Waals surface area (Å²) in [5.74, 6) is -0.121. The van der Waals surface area contributed by atoms with Gasteiger partial charge >= 0.3 is 0 Å². The van der Waals surface area contributed by atoms with Gasteiger partial charge in [0.25, 0.3) is 0 Å². The normalized spacial score (nSPS) is 10.9. The highest BCUT2D eigenvalue weighted by atomic mass is 35.5. The third-order valence-corrected chi connectivity index (χ3v) is 4.47. The number of pyridine rings is 1. The molecule has 2 aromatic carbocycles. The number of carbonyl (C=O) groups is 1. The summed E-state index contributed by atoms with van der Waals surface area (Å²) in [5, 5.41) is 22.9. The zero-order valence-electron chi connectivity index (χ0n) is 14.7. The van der Waals surface area contributed by atoms with Crippen molar-refractivity contribution in [2.24, 2.45) is 0 Å². The summed E-state index contributed by atoms with van der Waals surface area (Å²) in [5.41, 5.74) is 2.96. The van der Waals surface area contributed by atoms with E-state index in [0.29, 0.717) is 28.2 Å². The van der Waals surface area contributed by atoms with Gasteiger partial charge in [0.15, 0.2) is 11.5 Å². The minimum atomic E-state index is -0.219. The first-order chi connectivity index (χ1) is 13.4. The van der Waals surface area contributed by atoms with Crippen molar-refractivity contribution in [2.45, 2.75) is 6.92 Å². The van der Waals surface area contributed by atoms with Crippen LogP contribution in [0.3, 0.4) is 0 Å². The second kappa shape index (κ2) is 6.86. The van der Waals surface area contributed by atoms with E-state index in [2.05, 4.69) is 15.3 Å². The molecule has 0 aliphatic carbocycles. The molecule has 2 heterocycles. The molecular weight excluding hydrogens is 380 g/mol.